The molecule has 0 atom stereocenters. The molecule has 2 aliphatic carbocycles. The number of hydrogen-bond donors (Lipinski definition) is 3. The molecule has 3 heterocycles. The third kappa shape index (κ3) is 5.44. The molecule has 0 saturated heterocycles. The maximum absolute atomic E-state index is 14.3. The number of fused-ring (bicyclic) bond motifs is 1. The van der Waals surface area contributed by atoms with Gasteiger partial charge >= 0.3 is 0 Å². The number of nitrogens with zero attached hydrogens (tertiary/aromatic N) is 4. The number of anilines is 2. The second kappa shape index (κ2) is 11.7. The largest absolute Gasteiger partial charge is 0.479 e. The Bertz CT molecular complexity index is 1840. The number of aromatic nitrogens is 4. The van der Waals surface area contributed by atoms with Gasteiger partial charge in [-0.1, -0.05) is 24.3 Å². The van der Waals surface area contributed by atoms with E-state index in [-0.39, 0.29) is 33.9 Å². The van der Waals surface area contributed by atoms with E-state index in [0.29, 0.717) is 43.9 Å². The summed E-state index contributed by atoms with van der Waals surface area (Å²) >= 11 is 2.17. The first-order chi connectivity index (χ1) is 21.1. The standard InChI is InChI=1S/C31H36IN7O4S/c1-4-14-31(36-29(40)19-10-11-19)15-12-20(13-16-31)35-26-23(33)17-34-28-24(26)25(32)27(22-18-38(2)37-30(22)43-3)39(28)44(41,42)21-8-6-5-7-9-21/h4-9,17-20H,1,10-16,33H2,2-3H3,(H,34,35)(H,36,40). The minimum absolute atomic E-state index is 0.0555. The van der Waals surface area contributed by atoms with Gasteiger partial charge in [-0.25, -0.2) is 17.4 Å². The lowest BCUT2D eigenvalue weighted by Crippen LogP contribution is -2.52. The molecule has 3 aromatic heterocycles. The first kappa shape index (κ1) is 30.4. The van der Waals surface area contributed by atoms with Crippen LogP contribution in [0.3, 0.4) is 0 Å². The van der Waals surface area contributed by atoms with Gasteiger partial charge in [0.25, 0.3) is 10.0 Å². The van der Waals surface area contributed by atoms with E-state index >= 15 is 0 Å². The second-order valence-electron chi connectivity index (χ2n) is 11.7. The Morgan fingerprint density at radius 3 is 2.57 bits per heavy atom. The smallest absolute Gasteiger partial charge is 0.269 e. The van der Waals surface area contributed by atoms with Crippen LogP contribution in [0, 0.1) is 9.49 Å². The van der Waals surface area contributed by atoms with Crippen molar-refractivity contribution in [3.05, 3.63) is 59.0 Å². The zero-order valence-electron chi connectivity index (χ0n) is 24.7. The summed E-state index contributed by atoms with van der Waals surface area (Å²) in [7, 11) is -0.842. The predicted molar refractivity (Wildman–Crippen MR) is 179 cm³/mol. The van der Waals surface area contributed by atoms with Crippen LogP contribution in [-0.4, -0.2) is 51.8 Å². The number of benzene rings is 1. The Hall–Kier alpha value is -3.59. The number of ether oxygens (including phenoxy) is 1. The van der Waals surface area contributed by atoms with E-state index in [0.717, 1.165) is 38.5 Å². The number of carbonyl (C=O) groups excluding carboxylic acids is 1. The fourth-order valence-electron chi connectivity index (χ4n) is 6.17. The quantitative estimate of drug-likeness (QED) is 0.152. The summed E-state index contributed by atoms with van der Waals surface area (Å²) in [6.45, 7) is 3.94. The highest BCUT2D eigenvalue weighted by molar-refractivity contribution is 14.1. The molecule has 4 N–H and O–H groups in total. The molecule has 0 spiro atoms. The highest BCUT2D eigenvalue weighted by atomic mass is 127. The number of rotatable bonds is 10. The molecular formula is C31H36IN7O4S. The van der Waals surface area contributed by atoms with E-state index < -0.39 is 10.0 Å². The molecule has 6 rings (SSSR count). The van der Waals surface area contributed by atoms with Crippen LogP contribution in [0.4, 0.5) is 11.4 Å². The molecule has 1 aromatic carbocycles. The summed E-state index contributed by atoms with van der Waals surface area (Å²) in [6.07, 6.45) is 10.9. The normalized spacial score (nSPS) is 20.4. The molecule has 2 saturated carbocycles. The Kier molecular flexibility index (Phi) is 8.11. The van der Waals surface area contributed by atoms with E-state index in [2.05, 4.69) is 49.9 Å². The second-order valence-corrected chi connectivity index (χ2v) is 14.6. The number of nitrogens with two attached hydrogens (primary N) is 1. The minimum atomic E-state index is -4.10. The van der Waals surface area contributed by atoms with E-state index in [1.165, 1.54) is 17.3 Å². The van der Waals surface area contributed by atoms with Gasteiger partial charge in [0.15, 0.2) is 5.65 Å². The Morgan fingerprint density at radius 2 is 1.93 bits per heavy atom. The van der Waals surface area contributed by atoms with Crippen molar-refractivity contribution >= 4 is 60.9 Å². The van der Waals surface area contributed by atoms with Crippen molar-refractivity contribution in [1.29, 1.82) is 0 Å². The molecule has 2 aliphatic rings. The minimum Gasteiger partial charge on any atom is -0.479 e. The van der Waals surface area contributed by atoms with Gasteiger partial charge in [0.1, 0.15) is 0 Å². The zero-order valence-corrected chi connectivity index (χ0v) is 27.7. The Morgan fingerprint density at radius 1 is 1.23 bits per heavy atom. The lowest BCUT2D eigenvalue weighted by atomic mass is 9.77. The van der Waals surface area contributed by atoms with Gasteiger partial charge in [-0.3, -0.25) is 9.48 Å². The van der Waals surface area contributed by atoms with E-state index in [1.54, 1.807) is 48.3 Å². The third-order valence-electron chi connectivity index (χ3n) is 8.60. The molecule has 11 nitrogen and oxygen atoms in total. The monoisotopic (exact) mass is 729 g/mol. The molecule has 1 amide bonds. The molecule has 4 aromatic rings. The number of hydrogen-bond acceptors (Lipinski definition) is 8. The van der Waals surface area contributed by atoms with Crippen LogP contribution < -0.4 is 21.1 Å². The topological polar surface area (TPSA) is 146 Å². The zero-order chi connectivity index (χ0) is 31.2. The number of halogens is 1. The molecule has 0 radical (unpaired) electrons. The summed E-state index contributed by atoms with van der Waals surface area (Å²) < 4.78 is 37.6. The molecule has 44 heavy (non-hydrogen) atoms. The van der Waals surface area contributed by atoms with Crippen molar-refractivity contribution < 1.29 is 17.9 Å². The number of aryl methyl sites for hydroxylation is 1. The first-order valence-corrected chi connectivity index (χ1v) is 17.2. The molecule has 232 valence electrons. The van der Waals surface area contributed by atoms with Gasteiger partial charge in [0, 0.05) is 30.7 Å². The van der Waals surface area contributed by atoms with Gasteiger partial charge in [0.2, 0.25) is 11.8 Å². The van der Waals surface area contributed by atoms with Gasteiger partial charge in [-0.05, 0) is 79.7 Å². The molecule has 0 aliphatic heterocycles. The summed E-state index contributed by atoms with van der Waals surface area (Å²) in [5, 5.41) is 12.0. The van der Waals surface area contributed by atoms with Crippen LogP contribution in [0.1, 0.15) is 44.9 Å². The van der Waals surface area contributed by atoms with Crippen LogP contribution >= 0.6 is 22.6 Å². The summed E-state index contributed by atoms with van der Waals surface area (Å²) in [4.78, 5) is 17.4. The highest BCUT2D eigenvalue weighted by Crippen LogP contribution is 2.45. The third-order valence-corrected chi connectivity index (χ3v) is 11.4. The lowest BCUT2D eigenvalue weighted by Gasteiger charge is -2.41. The van der Waals surface area contributed by atoms with Crippen molar-refractivity contribution in [3.63, 3.8) is 0 Å². The highest BCUT2D eigenvalue weighted by Gasteiger charge is 2.40. The number of nitrogens with one attached hydrogen (secondary N) is 2. The molecule has 2 fully saturated rings. The van der Waals surface area contributed by atoms with Crippen molar-refractivity contribution in [2.75, 3.05) is 18.2 Å². The van der Waals surface area contributed by atoms with Gasteiger partial charge in [-0.2, -0.15) is 0 Å². The number of nitrogen functional groups attached to an aromatic ring is 1. The van der Waals surface area contributed by atoms with Crippen LogP contribution in [0.5, 0.6) is 5.88 Å². The maximum atomic E-state index is 14.3. The van der Waals surface area contributed by atoms with Crippen molar-refractivity contribution in [2.45, 2.75) is 61.4 Å². The summed E-state index contributed by atoms with van der Waals surface area (Å²) in [5.41, 5.74) is 8.47. The van der Waals surface area contributed by atoms with E-state index in [9.17, 15) is 13.2 Å². The van der Waals surface area contributed by atoms with Crippen LogP contribution in [0.15, 0.2) is 60.3 Å². The molecule has 13 heteroatoms. The molecular weight excluding hydrogens is 693 g/mol. The van der Waals surface area contributed by atoms with Crippen molar-refractivity contribution in [2.24, 2.45) is 13.0 Å². The number of methoxy groups -OCH3 is 1. The lowest BCUT2D eigenvalue weighted by molar-refractivity contribution is -0.124. The number of pyridine rings is 1. The van der Waals surface area contributed by atoms with Gasteiger partial charge < -0.3 is 21.1 Å². The van der Waals surface area contributed by atoms with E-state index in [4.69, 9.17) is 10.5 Å². The summed E-state index contributed by atoms with van der Waals surface area (Å²) in [5.74, 6) is 0.579. The van der Waals surface area contributed by atoms with Crippen molar-refractivity contribution in [1.82, 2.24) is 24.1 Å². The number of amides is 1. The van der Waals surface area contributed by atoms with Crippen molar-refractivity contribution in [3.8, 4) is 17.1 Å². The molecule has 0 bridgehead atoms. The van der Waals surface area contributed by atoms with Crippen LogP contribution in [0.25, 0.3) is 22.3 Å². The maximum Gasteiger partial charge on any atom is 0.269 e. The van der Waals surface area contributed by atoms with E-state index in [1.807, 2.05) is 6.08 Å². The SMILES string of the molecule is C=CCC1(NC(=O)C2CC2)CCC(Nc2c(N)cnc3c2c(I)c(-c2cn(C)nc2OC)n3S(=O)(=O)c2ccccc2)CC1. The Balaban J connectivity index is 1.43. The summed E-state index contributed by atoms with van der Waals surface area (Å²) in [6, 6.07) is 8.33. The first-order valence-electron chi connectivity index (χ1n) is 14.6. The molecule has 0 unspecified atom stereocenters. The average Bonchev–Trinajstić information content (AvgIpc) is 3.74. The van der Waals surface area contributed by atoms with Crippen LogP contribution in [-0.2, 0) is 21.9 Å². The van der Waals surface area contributed by atoms with Gasteiger partial charge in [-0.15, -0.1) is 11.7 Å². The number of carbonyl (C=O) groups is 1. The van der Waals surface area contributed by atoms with Crippen LogP contribution in [0.2, 0.25) is 0 Å². The Labute approximate surface area is 270 Å². The average molecular weight is 730 g/mol. The fourth-order valence-corrected chi connectivity index (χ4v) is 8.89. The predicted octanol–water partition coefficient (Wildman–Crippen LogP) is 5.06. The fraction of sp³-hybridized carbons (Fsp3) is 0.387. The van der Waals surface area contributed by atoms with Gasteiger partial charge in [0.05, 0.1) is 49.8 Å².